The van der Waals surface area contributed by atoms with Crippen LogP contribution in [0.3, 0.4) is 0 Å². The number of ketones is 1. The van der Waals surface area contributed by atoms with Crippen LogP contribution in [0.1, 0.15) is 23.1 Å². The van der Waals surface area contributed by atoms with E-state index in [1.165, 1.54) is 5.56 Å². The molecule has 0 aromatic heterocycles. The molecule has 25 heavy (non-hydrogen) atoms. The minimum absolute atomic E-state index is 0.0721. The van der Waals surface area contributed by atoms with Gasteiger partial charge in [-0.05, 0) is 30.0 Å². The molecule has 1 atom stereocenters. The molecule has 0 spiro atoms. The first-order valence-electron chi connectivity index (χ1n) is 8.31. The van der Waals surface area contributed by atoms with Crippen LogP contribution in [0, 0.1) is 5.92 Å². The monoisotopic (exact) mass is 332 g/mol. The van der Waals surface area contributed by atoms with Gasteiger partial charge in [-0.25, -0.2) is 0 Å². The maximum atomic E-state index is 12.9. The van der Waals surface area contributed by atoms with E-state index >= 15 is 0 Å². The first kappa shape index (κ1) is 16.8. The Morgan fingerprint density at radius 2 is 1.92 bits per heavy atom. The van der Waals surface area contributed by atoms with E-state index < -0.39 is 0 Å². The van der Waals surface area contributed by atoms with E-state index in [0.717, 1.165) is 17.5 Å². The molecule has 0 radical (unpaired) electrons. The Morgan fingerprint density at radius 3 is 2.68 bits per heavy atom. The lowest BCUT2D eigenvalue weighted by Gasteiger charge is -2.25. The Bertz CT molecular complexity index is 864. The molecule has 3 rings (SSSR count). The molecule has 0 saturated carbocycles. The number of rotatable bonds is 5. The Hall–Kier alpha value is -3.07. The van der Waals surface area contributed by atoms with Gasteiger partial charge < -0.3 is 10.4 Å². The van der Waals surface area contributed by atoms with Crippen molar-refractivity contribution in [3.8, 4) is 5.75 Å². The fraction of sp³-hybridized carbons (Fsp3) is 0.136. The average Bonchev–Trinajstić information content (AvgIpc) is 2.62. The van der Waals surface area contributed by atoms with Crippen molar-refractivity contribution >= 4 is 17.1 Å². The van der Waals surface area contributed by atoms with Gasteiger partial charge in [-0.1, -0.05) is 49.1 Å². The summed E-state index contributed by atoms with van der Waals surface area (Å²) in [5.41, 5.74) is 4.13. The van der Waals surface area contributed by atoms with Gasteiger partial charge in [-0.2, -0.15) is 0 Å². The second kappa shape index (κ2) is 7.22. The van der Waals surface area contributed by atoms with Gasteiger partial charge in [0.1, 0.15) is 0 Å². The lowest BCUT2D eigenvalue weighted by molar-refractivity contribution is -0.117. The van der Waals surface area contributed by atoms with Crippen LogP contribution in [0.25, 0.3) is 11.3 Å². The van der Waals surface area contributed by atoms with E-state index in [9.17, 15) is 4.79 Å². The number of hydrogen-bond acceptors (Lipinski definition) is 2. The van der Waals surface area contributed by atoms with E-state index in [1.54, 1.807) is 18.3 Å². The summed E-state index contributed by atoms with van der Waals surface area (Å²) < 4.78 is 0. The van der Waals surface area contributed by atoms with E-state index in [0.29, 0.717) is 23.4 Å². The second-order valence-corrected chi connectivity index (χ2v) is 6.17. The topological polar surface area (TPSA) is 52.0 Å². The smallest absolute Gasteiger partial charge is 0.263 e. The second-order valence-electron chi connectivity index (χ2n) is 6.17. The number of para-hydroxylation sites is 1. The maximum Gasteiger partial charge on any atom is 0.263 e. The number of Topliss-reactive ketones (excluding diaryl/α,β-unsaturated/α-hetero) is 1. The predicted molar refractivity (Wildman–Crippen MR) is 103 cm³/mol. The van der Waals surface area contributed by atoms with Gasteiger partial charge >= 0.3 is 0 Å². The molecule has 0 fully saturated rings. The molecule has 1 aliphatic rings. The number of fused-ring (bicyclic) bond motifs is 1. The highest BCUT2D eigenvalue weighted by Crippen LogP contribution is 2.33. The van der Waals surface area contributed by atoms with Crippen molar-refractivity contribution in [3.05, 3.63) is 90.7 Å². The third kappa shape index (κ3) is 3.41. The first-order chi connectivity index (χ1) is 12.1. The lowest BCUT2D eigenvalue weighted by Crippen LogP contribution is -2.25. The number of allylic oxidation sites excluding steroid dienone is 2. The highest BCUT2D eigenvalue weighted by Gasteiger charge is 2.29. The van der Waals surface area contributed by atoms with Crippen molar-refractivity contribution in [1.29, 1.82) is 0 Å². The molecule has 0 aliphatic heterocycles. The molecule has 3 N–H and O–H groups in total. The summed E-state index contributed by atoms with van der Waals surface area (Å²) in [4.78, 5) is 12.9. The molecule has 3 nitrogen and oxygen atoms in total. The van der Waals surface area contributed by atoms with Crippen LogP contribution in [0.5, 0.6) is 5.75 Å². The predicted octanol–water partition coefficient (Wildman–Crippen LogP) is 4.04. The minimum atomic E-state index is -0.0721. The largest absolute Gasteiger partial charge is 0.593 e. The Morgan fingerprint density at radius 1 is 1.20 bits per heavy atom. The summed E-state index contributed by atoms with van der Waals surface area (Å²) >= 11 is 0. The van der Waals surface area contributed by atoms with E-state index in [-0.39, 0.29) is 11.7 Å². The van der Waals surface area contributed by atoms with Gasteiger partial charge in [0.05, 0.1) is 5.56 Å². The zero-order valence-corrected chi connectivity index (χ0v) is 14.1. The highest BCUT2D eigenvalue weighted by atomic mass is 16.3. The summed E-state index contributed by atoms with van der Waals surface area (Å²) in [6.45, 7) is 7.77. The fourth-order valence-corrected chi connectivity index (χ4v) is 3.20. The van der Waals surface area contributed by atoms with Crippen LogP contribution in [0.15, 0.2) is 74.0 Å². The molecule has 1 unspecified atom stereocenters. The summed E-state index contributed by atoms with van der Waals surface area (Å²) in [6.07, 6.45) is 4.94. The van der Waals surface area contributed by atoms with Crippen molar-refractivity contribution in [1.82, 2.24) is 5.32 Å². The maximum absolute atomic E-state index is 12.9. The van der Waals surface area contributed by atoms with Crippen LogP contribution >= 0.6 is 0 Å². The van der Waals surface area contributed by atoms with Crippen molar-refractivity contribution < 1.29 is 9.90 Å². The molecule has 3 heteroatoms. The summed E-state index contributed by atoms with van der Waals surface area (Å²) in [5.74, 6) is 0.452. The molecular weight excluding hydrogens is 310 g/mol. The highest BCUT2D eigenvalue weighted by molar-refractivity contribution is 6.23. The van der Waals surface area contributed by atoms with Crippen LogP contribution in [-0.2, 0) is 11.2 Å². The van der Waals surface area contributed by atoms with Crippen molar-refractivity contribution in [2.24, 2.45) is 5.92 Å². The van der Waals surface area contributed by atoms with Crippen LogP contribution in [-0.4, -0.2) is 10.9 Å². The van der Waals surface area contributed by atoms with Gasteiger partial charge in [0.25, 0.3) is 5.75 Å². The zero-order chi connectivity index (χ0) is 17.8. The number of benzene rings is 2. The van der Waals surface area contributed by atoms with Gasteiger partial charge in [-0.15, -0.1) is 6.58 Å². The quantitative estimate of drug-likeness (QED) is 0.510. The molecule has 0 saturated heterocycles. The van der Waals surface area contributed by atoms with E-state index in [2.05, 4.69) is 24.5 Å². The van der Waals surface area contributed by atoms with E-state index in [1.807, 2.05) is 36.4 Å². The molecule has 0 heterocycles. The van der Waals surface area contributed by atoms with Crippen molar-refractivity contribution in [3.63, 3.8) is 0 Å². The summed E-state index contributed by atoms with van der Waals surface area (Å²) in [6, 6.07) is 15.2. The van der Waals surface area contributed by atoms with E-state index in [4.69, 9.17) is 5.11 Å². The number of carbonyl (C=O) groups is 1. The summed E-state index contributed by atoms with van der Waals surface area (Å²) in [5, 5.41) is 11.1. The molecule has 2 aromatic rings. The Balaban J connectivity index is 1.92. The standard InChI is InChI=1S/C22H21NO2/c1-3-8-17-13-16-9-4-5-11-19(16)20(22(17)25)14-23-15(2)18-10-6-7-12-21(18)24/h3-7,9-12,14,17,23-24H,1-2,8,13H2/p+1/b20-14-. The molecular formula is C22H22NO2+. The van der Waals surface area contributed by atoms with Crippen LogP contribution in [0.4, 0.5) is 0 Å². The number of hydrogen-bond donors (Lipinski definition) is 1. The molecule has 2 aromatic carbocycles. The normalized spacial score (nSPS) is 17.8. The Kier molecular flexibility index (Phi) is 4.85. The fourth-order valence-electron chi connectivity index (χ4n) is 3.20. The van der Waals surface area contributed by atoms with Crippen molar-refractivity contribution in [2.75, 3.05) is 0 Å². The minimum Gasteiger partial charge on any atom is -0.593 e. The first-order valence-corrected chi connectivity index (χ1v) is 8.31. The van der Waals surface area contributed by atoms with Gasteiger partial charge in [0.2, 0.25) is 0 Å². The third-order valence-corrected chi connectivity index (χ3v) is 4.50. The van der Waals surface area contributed by atoms with Crippen LogP contribution < -0.4 is 5.32 Å². The summed E-state index contributed by atoms with van der Waals surface area (Å²) in [7, 11) is 0. The molecule has 126 valence electrons. The Labute approximate surface area is 148 Å². The third-order valence-electron chi connectivity index (χ3n) is 4.50. The number of carbonyl (C=O) groups excluding carboxylic acids is 1. The van der Waals surface area contributed by atoms with Crippen molar-refractivity contribution in [2.45, 2.75) is 12.8 Å². The van der Waals surface area contributed by atoms with Gasteiger partial charge in [0.15, 0.2) is 5.78 Å². The molecule has 0 bridgehead atoms. The SMILES string of the molecule is C=CCC1Cc2ccccc2/C(=C/NC(=C)c2ccccc2[OH2+])C1=O. The molecule has 0 amide bonds. The van der Waals surface area contributed by atoms with Crippen LogP contribution in [0.2, 0.25) is 0 Å². The molecule has 1 aliphatic carbocycles. The lowest BCUT2D eigenvalue weighted by atomic mass is 9.78. The van der Waals surface area contributed by atoms with Gasteiger partial charge in [0, 0.05) is 29.5 Å². The average molecular weight is 332 g/mol. The number of nitrogens with one attached hydrogen (secondary N) is 1. The zero-order valence-electron chi connectivity index (χ0n) is 14.1. The van der Waals surface area contributed by atoms with Gasteiger partial charge in [-0.3, -0.25) is 4.79 Å².